The highest BCUT2D eigenvalue weighted by molar-refractivity contribution is 6.05. The average molecular weight is 765 g/mol. The predicted molar refractivity (Wildman–Crippen MR) is 204 cm³/mol. The van der Waals surface area contributed by atoms with Crippen molar-refractivity contribution in [2.75, 3.05) is 31.1 Å². The molecule has 2 aliphatic rings. The maximum Gasteiger partial charge on any atom is 0.417 e. The van der Waals surface area contributed by atoms with Gasteiger partial charge in [0.1, 0.15) is 11.4 Å². The molecule has 5 rings (SSSR count). The zero-order valence-electron chi connectivity index (χ0n) is 32.8. The molecule has 0 aromatic heterocycles. The van der Waals surface area contributed by atoms with E-state index in [9.17, 15) is 19.2 Å². The van der Waals surface area contributed by atoms with Crippen LogP contribution in [0.15, 0.2) is 66.7 Å². The van der Waals surface area contributed by atoms with Crippen molar-refractivity contribution in [3.8, 4) is 16.9 Å². The van der Waals surface area contributed by atoms with Gasteiger partial charge in [-0.1, -0.05) is 61.5 Å². The van der Waals surface area contributed by atoms with E-state index in [0.717, 1.165) is 28.8 Å². The lowest BCUT2D eigenvalue weighted by Gasteiger charge is -2.46. The van der Waals surface area contributed by atoms with Gasteiger partial charge in [0.05, 0.1) is 22.9 Å². The third-order valence-corrected chi connectivity index (χ3v) is 9.83. The number of anilines is 1. The third-order valence-electron chi connectivity index (χ3n) is 9.83. The van der Waals surface area contributed by atoms with Crippen molar-refractivity contribution in [1.29, 1.82) is 0 Å². The molecule has 1 fully saturated rings. The van der Waals surface area contributed by atoms with E-state index in [1.165, 1.54) is 28.5 Å². The predicted octanol–water partition coefficient (Wildman–Crippen LogP) is 8.05. The van der Waals surface area contributed by atoms with Gasteiger partial charge in [-0.05, 0) is 83.7 Å². The molecular weight excluding hydrogens is 713 g/mol. The molecule has 1 saturated heterocycles. The van der Waals surface area contributed by atoms with Gasteiger partial charge in [-0.25, -0.2) is 4.79 Å². The lowest BCUT2D eigenvalue weighted by atomic mass is 9.82. The minimum Gasteiger partial charge on any atom is -0.476 e. The highest BCUT2D eigenvalue weighted by Gasteiger charge is 2.47. The molecule has 4 amide bonds. The molecule has 1 N–H and O–H groups in total. The summed E-state index contributed by atoms with van der Waals surface area (Å²) >= 11 is 0. The molecule has 0 spiro atoms. The van der Waals surface area contributed by atoms with Crippen LogP contribution in [0.3, 0.4) is 0 Å². The summed E-state index contributed by atoms with van der Waals surface area (Å²) in [6.07, 6.45) is -4.94. The maximum atomic E-state index is 15.0. The topological polar surface area (TPSA) is 108 Å². The molecule has 0 aliphatic carbocycles. The average Bonchev–Trinajstić information content (AvgIpc) is 3.11. The van der Waals surface area contributed by atoms with Crippen molar-refractivity contribution in [1.82, 2.24) is 15.1 Å². The molecule has 2 heterocycles. The number of hydrogen-bond acceptors (Lipinski definition) is 6. The number of alkyl halides is 3. The van der Waals surface area contributed by atoms with Crippen LogP contribution in [0.5, 0.6) is 5.75 Å². The number of amides is 4. The quantitative estimate of drug-likeness (QED) is 0.236. The Labute approximate surface area is 320 Å². The van der Waals surface area contributed by atoms with Gasteiger partial charge in [-0.3, -0.25) is 14.4 Å². The van der Waals surface area contributed by atoms with E-state index < -0.39 is 58.5 Å². The number of rotatable bonds is 9. The van der Waals surface area contributed by atoms with E-state index in [1.54, 1.807) is 41.5 Å². The van der Waals surface area contributed by atoms with Gasteiger partial charge in [-0.15, -0.1) is 0 Å². The van der Waals surface area contributed by atoms with Crippen molar-refractivity contribution in [2.45, 2.75) is 104 Å². The molecule has 10 nitrogen and oxygen atoms in total. The fourth-order valence-electron chi connectivity index (χ4n) is 7.26. The van der Waals surface area contributed by atoms with Gasteiger partial charge >= 0.3 is 12.3 Å². The van der Waals surface area contributed by atoms with Crippen LogP contribution >= 0.6 is 0 Å². The van der Waals surface area contributed by atoms with Gasteiger partial charge in [0.2, 0.25) is 5.91 Å². The first-order valence-corrected chi connectivity index (χ1v) is 18.7. The summed E-state index contributed by atoms with van der Waals surface area (Å²) in [6, 6.07) is 18.1. The Morgan fingerprint density at radius 1 is 1.00 bits per heavy atom. The number of ether oxygens (including phenoxy) is 2. The van der Waals surface area contributed by atoms with Crippen LogP contribution in [0.4, 0.5) is 23.7 Å². The molecule has 2 aliphatic heterocycles. The number of hydrogen-bond donors (Lipinski definition) is 1. The third kappa shape index (κ3) is 9.25. The zero-order valence-corrected chi connectivity index (χ0v) is 32.8. The number of benzene rings is 3. The molecule has 0 unspecified atom stereocenters. The van der Waals surface area contributed by atoms with Gasteiger partial charge in [0.15, 0.2) is 5.60 Å². The van der Waals surface area contributed by atoms with Gasteiger partial charge in [0.25, 0.3) is 11.8 Å². The summed E-state index contributed by atoms with van der Waals surface area (Å²) in [4.78, 5) is 58.3. The highest BCUT2D eigenvalue weighted by Crippen LogP contribution is 2.45. The Balaban J connectivity index is 1.63. The van der Waals surface area contributed by atoms with E-state index >= 15 is 13.2 Å². The van der Waals surface area contributed by atoms with Crippen LogP contribution < -0.4 is 15.0 Å². The molecule has 3 aromatic rings. The van der Waals surface area contributed by atoms with E-state index in [-0.39, 0.29) is 49.3 Å². The molecule has 2 atom stereocenters. The Bertz CT molecular complexity index is 1910. The molecule has 0 radical (unpaired) electrons. The number of carbonyl (C=O) groups is 4. The van der Waals surface area contributed by atoms with Crippen LogP contribution in [0, 0.1) is 0 Å². The van der Waals surface area contributed by atoms with E-state index in [0.29, 0.717) is 13.0 Å². The van der Waals surface area contributed by atoms with Crippen molar-refractivity contribution in [3.05, 3.63) is 83.4 Å². The standard InChI is InChI=1S/C42H51F3N4O6/c1-9-36(50)46-19-21-48-33-23-31(32(42(43,44)45)24-35(33)54-41(7,8)38(48)52)37(51)49(26(2)3)34-25-47(39(53)55-40(4,5)6)20-18-30(34)29-17-13-16-28(22-29)27-14-11-10-12-15-27/h10-17,22-24,26,30,34H,9,18-21,25H2,1-8H3,(H,46,50)/t30-,34+/m0/s1. The lowest BCUT2D eigenvalue weighted by molar-refractivity contribution is -0.138. The van der Waals surface area contributed by atoms with E-state index in [2.05, 4.69) is 5.32 Å². The van der Waals surface area contributed by atoms with Gasteiger partial charge < -0.3 is 29.5 Å². The summed E-state index contributed by atoms with van der Waals surface area (Å²) in [5.41, 5.74) is -1.42. The van der Waals surface area contributed by atoms with Crippen LogP contribution in [0.2, 0.25) is 0 Å². The molecule has 296 valence electrons. The van der Waals surface area contributed by atoms with Gasteiger partial charge in [0, 0.05) is 44.6 Å². The zero-order chi connectivity index (χ0) is 40.5. The first-order valence-electron chi connectivity index (χ1n) is 18.7. The fourth-order valence-corrected chi connectivity index (χ4v) is 7.26. The smallest absolute Gasteiger partial charge is 0.417 e. The molecule has 3 aromatic carbocycles. The van der Waals surface area contributed by atoms with Crippen LogP contribution in [-0.4, -0.2) is 83.1 Å². The summed E-state index contributed by atoms with van der Waals surface area (Å²) in [7, 11) is 0. The second kappa shape index (κ2) is 16.0. The lowest BCUT2D eigenvalue weighted by Crippen LogP contribution is -2.57. The SMILES string of the molecule is CCC(=O)NCCN1C(=O)C(C)(C)Oc2cc(C(F)(F)F)c(C(=O)N(C(C)C)[C@@H]3CN(C(=O)OC(C)(C)C)CC[C@H]3c3cccc(-c4ccccc4)c3)cc21. The summed E-state index contributed by atoms with van der Waals surface area (Å²) in [5.74, 6) is -2.29. The van der Waals surface area contributed by atoms with Crippen molar-refractivity contribution in [2.24, 2.45) is 0 Å². The van der Waals surface area contributed by atoms with Crippen LogP contribution in [0.1, 0.15) is 95.6 Å². The molecule has 55 heavy (non-hydrogen) atoms. The summed E-state index contributed by atoms with van der Waals surface area (Å²) < 4.78 is 56.6. The molecular formula is C42H51F3N4O6. The maximum absolute atomic E-state index is 15.0. The Hall–Kier alpha value is -5.07. The number of fused-ring (bicyclic) bond motifs is 1. The second-order valence-electron chi connectivity index (χ2n) is 15.8. The van der Waals surface area contributed by atoms with Gasteiger partial charge in [-0.2, -0.15) is 13.2 Å². The Kier molecular flexibility index (Phi) is 11.9. The van der Waals surface area contributed by atoms with Crippen LogP contribution in [-0.2, 0) is 20.5 Å². The Morgan fingerprint density at radius 2 is 1.67 bits per heavy atom. The molecule has 0 saturated carbocycles. The van der Waals surface area contributed by atoms with E-state index in [4.69, 9.17) is 9.47 Å². The summed E-state index contributed by atoms with van der Waals surface area (Å²) in [5, 5.41) is 2.70. The highest BCUT2D eigenvalue weighted by atomic mass is 19.4. The number of halogens is 3. The number of piperidine rings is 1. The number of carbonyl (C=O) groups excluding carboxylic acids is 4. The van der Waals surface area contributed by atoms with Crippen molar-refractivity contribution < 1.29 is 41.8 Å². The number of likely N-dealkylation sites (tertiary alicyclic amines) is 1. The second-order valence-corrected chi connectivity index (χ2v) is 15.8. The first kappa shape index (κ1) is 41.1. The van der Waals surface area contributed by atoms with Crippen molar-refractivity contribution >= 4 is 29.5 Å². The number of nitrogens with zero attached hydrogens (tertiary/aromatic N) is 3. The van der Waals surface area contributed by atoms with E-state index in [1.807, 2.05) is 54.6 Å². The monoisotopic (exact) mass is 764 g/mol. The Morgan fingerprint density at radius 3 is 2.29 bits per heavy atom. The molecule has 13 heteroatoms. The van der Waals surface area contributed by atoms with Crippen molar-refractivity contribution in [3.63, 3.8) is 0 Å². The first-order chi connectivity index (χ1) is 25.7. The largest absolute Gasteiger partial charge is 0.476 e. The van der Waals surface area contributed by atoms with Crippen LogP contribution in [0.25, 0.3) is 11.1 Å². The molecule has 0 bridgehead atoms. The normalized spacial score (nSPS) is 18.4. The number of nitrogens with one attached hydrogen (secondary N) is 1. The minimum atomic E-state index is -4.98. The fraction of sp³-hybridized carbons (Fsp3) is 0.476. The summed E-state index contributed by atoms with van der Waals surface area (Å²) in [6.45, 7) is 13.6. The minimum absolute atomic E-state index is 0.00436.